The highest BCUT2D eigenvalue weighted by atomic mass is 35.5. The Bertz CT molecular complexity index is 116. The molecule has 0 bridgehead atoms. The summed E-state index contributed by atoms with van der Waals surface area (Å²) in [6.07, 6.45) is 1.64. The lowest BCUT2D eigenvalue weighted by molar-refractivity contribution is -0.00751. The molecule has 0 aliphatic carbocycles. The van der Waals surface area contributed by atoms with Gasteiger partial charge in [0.05, 0.1) is 5.60 Å². The van der Waals surface area contributed by atoms with Gasteiger partial charge in [0.15, 0.2) is 0 Å². The lowest BCUT2D eigenvalue weighted by Crippen LogP contribution is -2.47. The fourth-order valence-corrected chi connectivity index (χ4v) is 1.24. The Hall–Kier alpha value is 0.460. The summed E-state index contributed by atoms with van der Waals surface area (Å²) < 4.78 is 0. The maximum absolute atomic E-state index is 9.65. The molecular weight excluding hydrogens is 199 g/mol. The van der Waals surface area contributed by atoms with E-state index in [0.717, 1.165) is 25.9 Å². The van der Waals surface area contributed by atoms with Gasteiger partial charge in [-0.1, -0.05) is 0 Å². The summed E-state index contributed by atoms with van der Waals surface area (Å²) >= 11 is 0. The number of likely N-dealkylation sites (tertiary alicyclic amines) is 1. The molecule has 3 nitrogen and oxygen atoms in total. The van der Waals surface area contributed by atoms with E-state index < -0.39 is 5.60 Å². The van der Waals surface area contributed by atoms with Crippen LogP contribution in [0.2, 0.25) is 0 Å². The van der Waals surface area contributed by atoms with Crippen molar-refractivity contribution < 1.29 is 5.11 Å². The summed E-state index contributed by atoms with van der Waals surface area (Å²) in [5.41, 5.74) is 4.85. The maximum Gasteiger partial charge on any atom is 0.0793 e. The molecule has 0 amide bonds. The van der Waals surface area contributed by atoms with Gasteiger partial charge in [0, 0.05) is 19.6 Å². The van der Waals surface area contributed by atoms with Crippen LogP contribution in [0.1, 0.15) is 12.8 Å². The summed E-state index contributed by atoms with van der Waals surface area (Å²) in [5, 5.41) is 9.65. The van der Waals surface area contributed by atoms with Gasteiger partial charge < -0.3 is 15.7 Å². The molecule has 0 spiro atoms. The molecule has 76 valence electrons. The fraction of sp³-hybridized carbons (Fsp3) is 1.00. The second-order valence-corrected chi connectivity index (χ2v) is 3.23. The lowest BCUT2D eigenvalue weighted by atomic mass is 9.92. The normalized spacial score (nSPS) is 22.2. The molecular formula is C7H18Cl2N2O. The third-order valence-electron chi connectivity index (χ3n) is 2.30. The molecule has 1 rings (SSSR count). The fourth-order valence-electron chi connectivity index (χ4n) is 1.24. The highest BCUT2D eigenvalue weighted by Gasteiger charge is 2.28. The van der Waals surface area contributed by atoms with E-state index in [9.17, 15) is 5.11 Å². The Labute approximate surface area is 86.1 Å². The predicted molar refractivity (Wildman–Crippen MR) is 55.2 cm³/mol. The first-order valence-electron chi connectivity index (χ1n) is 3.77. The zero-order valence-electron chi connectivity index (χ0n) is 7.32. The first-order valence-corrected chi connectivity index (χ1v) is 3.77. The summed E-state index contributed by atoms with van der Waals surface area (Å²) in [6.45, 7) is 2.34. The van der Waals surface area contributed by atoms with Gasteiger partial charge in [-0.3, -0.25) is 0 Å². The molecule has 5 heteroatoms. The molecule has 0 aromatic heterocycles. The van der Waals surface area contributed by atoms with Crippen molar-refractivity contribution in [3.05, 3.63) is 0 Å². The number of rotatable bonds is 1. The van der Waals surface area contributed by atoms with E-state index in [0.29, 0.717) is 6.54 Å². The maximum atomic E-state index is 9.65. The van der Waals surface area contributed by atoms with Crippen LogP contribution in [-0.2, 0) is 0 Å². The molecule has 1 fully saturated rings. The second-order valence-electron chi connectivity index (χ2n) is 3.23. The third kappa shape index (κ3) is 3.92. The van der Waals surface area contributed by atoms with Crippen LogP contribution < -0.4 is 5.73 Å². The molecule has 0 aromatic rings. The summed E-state index contributed by atoms with van der Waals surface area (Å²) in [4.78, 5) is 2.21. The minimum atomic E-state index is -0.563. The van der Waals surface area contributed by atoms with Crippen molar-refractivity contribution in [1.82, 2.24) is 4.90 Å². The van der Waals surface area contributed by atoms with E-state index in [-0.39, 0.29) is 24.8 Å². The lowest BCUT2D eigenvalue weighted by Gasteiger charge is -2.35. The Balaban J connectivity index is 0. The number of nitrogens with zero attached hydrogens (tertiary/aromatic N) is 1. The van der Waals surface area contributed by atoms with E-state index in [4.69, 9.17) is 5.73 Å². The van der Waals surface area contributed by atoms with Crippen LogP contribution in [0.4, 0.5) is 0 Å². The molecule has 0 radical (unpaired) electrons. The van der Waals surface area contributed by atoms with Crippen LogP contribution in [0.15, 0.2) is 0 Å². The van der Waals surface area contributed by atoms with Crippen molar-refractivity contribution in [2.45, 2.75) is 18.4 Å². The first-order chi connectivity index (χ1) is 4.66. The van der Waals surface area contributed by atoms with Crippen molar-refractivity contribution in [2.24, 2.45) is 5.73 Å². The Morgan fingerprint density at radius 3 is 2.08 bits per heavy atom. The molecule has 12 heavy (non-hydrogen) atoms. The van der Waals surface area contributed by atoms with Crippen molar-refractivity contribution in [3.8, 4) is 0 Å². The van der Waals surface area contributed by atoms with Crippen LogP contribution in [0.5, 0.6) is 0 Å². The van der Waals surface area contributed by atoms with Gasteiger partial charge in [-0.05, 0) is 19.9 Å². The van der Waals surface area contributed by atoms with Crippen molar-refractivity contribution in [1.29, 1.82) is 0 Å². The van der Waals surface area contributed by atoms with Crippen LogP contribution in [-0.4, -0.2) is 42.3 Å². The molecule has 0 saturated carbocycles. The van der Waals surface area contributed by atoms with E-state index in [2.05, 4.69) is 11.9 Å². The first kappa shape index (κ1) is 15.0. The van der Waals surface area contributed by atoms with Crippen LogP contribution in [0.3, 0.4) is 0 Å². The summed E-state index contributed by atoms with van der Waals surface area (Å²) in [5.74, 6) is 0. The SMILES string of the molecule is CN1CCC(O)(CN)CC1.Cl.Cl. The van der Waals surface area contributed by atoms with E-state index in [1.54, 1.807) is 0 Å². The summed E-state index contributed by atoms with van der Waals surface area (Å²) in [7, 11) is 2.07. The smallest absolute Gasteiger partial charge is 0.0793 e. The molecule has 1 aliphatic rings. The number of aliphatic hydroxyl groups is 1. The van der Waals surface area contributed by atoms with Gasteiger partial charge in [-0.15, -0.1) is 24.8 Å². The molecule has 0 aromatic carbocycles. The molecule has 1 heterocycles. The number of halogens is 2. The van der Waals surface area contributed by atoms with Crippen LogP contribution >= 0.6 is 24.8 Å². The quantitative estimate of drug-likeness (QED) is 0.661. The van der Waals surface area contributed by atoms with Gasteiger partial charge in [0.2, 0.25) is 0 Å². The summed E-state index contributed by atoms with van der Waals surface area (Å²) in [6, 6.07) is 0. The molecule has 0 unspecified atom stereocenters. The van der Waals surface area contributed by atoms with E-state index in [1.807, 2.05) is 0 Å². The standard InChI is InChI=1S/C7H16N2O.2ClH/c1-9-4-2-7(10,6-8)3-5-9;;/h10H,2-6,8H2,1H3;2*1H. The topological polar surface area (TPSA) is 49.5 Å². The van der Waals surface area contributed by atoms with Gasteiger partial charge in [-0.2, -0.15) is 0 Å². The monoisotopic (exact) mass is 216 g/mol. The van der Waals surface area contributed by atoms with Crippen LogP contribution in [0, 0.1) is 0 Å². The van der Waals surface area contributed by atoms with Gasteiger partial charge in [0.25, 0.3) is 0 Å². The Morgan fingerprint density at radius 1 is 1.33 bits per heavy atom. The highest BCUT2D eigenvalue weighted by Crippen LogP contribution is 2.19. The number of hydrogen-bond donors (Lipinski definition) is 2. The highest BCUT2D eigenvalue weighted by molar-refractivity contribution is 5.85. The minimum Gasteiger partial charge on any atom is -0.388 e. The zero-order valence-corrected chi connectivity index (χ0v) is 8.96. The minimum absolute atomic E-state index is 0. The Morgan fingerprint density at radius 2 is 1.75 bits per heavy atom. The second kappa shape index (κ2) is 6.00. The van der Waals surface area contributed by atoms with Gasteiger partial charge in [-0.25, -0.2) is 0 Å². The largest absolute Gasteiger partial charge is 0.388 e. The van der Waals surface area contributed by atoms with Gasteiger partial charge >= 0.3 is 0 Å². The number of nitrogens with two attached hydrogens (primary N) is 1. The Kier molecular flexibility index (Phi) is 7.47. The zero-order chi connectivity index (χ0) is 7.61. The van der Waals surface area contributed by atoms with Crippen LogP contribution in [0.25, 0.3) is 0 Å². The average molecular weight is 217 g/mol. The third-order valence-corrected chi connectivity index (χ3v) is 2.30. The number of hydrogen-bond acceptors (Lipinski definition) is 3. The predicted octanol–water partition coefficient (Wildman–Crippen LogP) is 0.245. The average Bonchev–Trinajstić information content (AvgIpc) is 1.96. The molecule has 3 N–H and O–H groups in total. The molecule has 1 saturated heterocycles. The van der Waals surface area contributed by atoms with Crippen molar-refractivity contribution >= 4 is 24.8 Å². The van der Waals surface area contributed by atoms with Crippen molar-refractivity contribution in [2.75, 3.05) is 26.7 Å². The molecule has 0 atom stereocenters. The molecule has 1 aliphatic heterocycles. The van der Waals surface area contributed by atoms with E-state index in [1.165, 1.54) is 0 Å². The van der Waals surface area contributed by atoms with E-state index >= 15 is 0 Å². The number of piperidine rings is 1. The van der Waals surface area contributed by atoms with Gasteiger partial charge in [0.1, 0.15) is 0 Å². The van der Waals surface area contributed by atoms with Crippen molar-refractivity contribution in [3.63, 3.8) is 0 Å².